The first-order chi connectivity index (χ1) is 14.1. The van der Waals surface area contributed by atoms with Gasteiger partial charge in [-0.2, -0.15) is 5.10 Å². The molecule has 0 atom stereocenters. The molecule has 4 aromatic rings. The van der Waals surface area contributed by atoms with E-state index in [0.717, 1.165) is 34.6 Å². The van der Waals surface area contributed by atoms with Gasteiger partial charge in [-0.1, -0.05) is 36.5 Å². The Morgan fingerprint density at radius 3 is 2.72 bits per heavy atom. The van der Waals surface area contributed by atoms with Crippen LogP contribution < -0.4 is 4.90 Å². The first-order valence-electron chi connectivity index (χ1n) is 9.75. The Bertz CT molecular complexity index is 1150. The van der Waals surface area contributed by atoms with Crippen molar-refractivity contribution in [3.05, 3.63) is 71.3 Å². The van der Waals surface area contributed by atoms with Crippen molar-refractivity contribution in [3.8, 4) is 0 Å². The van der Waals surface area contributed by atoms with Crippen molar-refractivity contribution in [2.75, 3.05) is 4.90 Å². The predicted octanol–water partition coefficient (Wildman–Crippen LogP) is 4.63. The smallest absolute Gasteiger partial charge is 0.276 e. The van der Waals surface area contributed by atoms with Crippen LogP contribution in [0.2, 0.25) is 0 Å². The largest absolute Gasteiger partial charge is 0.280 e. The number of carbonyl (C=O) groups is 1. The van der Waals surface area contributed by atoms with E-state index in [1.165, 1.54) is 16.9 Å². The van der Waals surface area contributed by atoms with Gasteiger partial charge >= 0.3 is 0 Å². The number of fused-ring (bicyclic) bond motifs is 1. The molecule has 1 amide bonds. The molecule has 0 spiro atoms. The first-order valence-corrected chi connectivity index (χ1v) is 10.6. The highest BCUT2D eigenvalue weighted by molar-refractivity contribution is 7.22. The molecule has 0 N–H and O–H groups in total. The lowest BCUT2D eigenvalue weighted by molar-refractivity contribution is 0.0979. The van der Waals surface area contributed by atoms with Gasteiger partial charge in [0.1, 0.15) is 0 Å². The lowest BCUT2D eigenvalue weighted by Gasteiger charge is -2.18. The summed E-state index contributed by atoms with van der Waals surface area (Å²) in [6, 6.07) is 13.7. The van der Waals surface area contributed by atoms with E-state index in [0.29, 0.717) is 17.4 Å². The maximum atomic E-state index is 13.5. The zero-order valence-corrected chi connectivity index (χ0v) is 17.6. The number of pyridine rings is 1. The normalized spacial score (nSPS) is 11.1. The van der Waals surface area contributed by atoms with Crippen LogP contribution in [0.25, 0.3) is 10.2 Å². The first kappa shape index (κ1) is 19.3. The summed E-state index contributed by atoms with van der Waals surface area (Å²) >= 11 is 1.53. The maximum Gasteiger partial charge on any atom is 0.280 e. The summed E-state index contributed by atoms with van der Waals surface area (Å²) in [4.78, 5) is 24.4. The van der Waals surface area contributed by atoms with E-state index in [1.807, 2.05) is 48.9 Å². The number of hydrogen-bond donors (Lipinski definition) is 0. The SMILES string of the molecule is CCc1cccc2sc(N(Cc3ccccn3)C(=O)c3cc(C)n(CC)n3)nc12. The Labute approximate surface area is 173 Å². The zero-order chi connectivity index (χ0) is 20.4. The van der Waals surface area contributed by atoms with Gasteiger partial charge in [0.05, 0.1) is 22.5 Å². The molecule has 0 bridgehead atoms. The third-order valence-electron chi connectivity index (χ3n) is 4.89. The number of anilines is 1. The standard InChI is InChI=1S/C22H23N5OS/c1-4-16-9-8-11-19-20(16)24-22(29-19)26(14-17-10-6-7-12-23-17)21(28)18-13-15(3)27(5-2)25-18/h6-13H,4-5,14H2,1-3H3. The van der Waals surface area contributed by atoms with Crippen molar-refractivity contribution in [1.82, 2.24) is 19.7 Å². The number of aromatic nitrogens is 4. The summed E-state index contributed by atoms with van der Waals surface area (Å²) in [5.74, 6) is -0.164. The number of aryl methyl sites for hydroxylation is 3. The number of amides is 1. The third kappa shape index (κ3) is 3.78. The number of hydrogen-bond acceptors (Lipinski definition) is 5. The van der Waals surface area contributed by atoms with Crippen LogP contribution in [-0.4, -0.2) is 25.7 Å². The fourth-order valence-electron chi connectivity index (χ4n) is 3.35. The quantitative estimate of drug-likeness (QED) is 0.469. The Kier molecular flexibility index (Phi) is 5.40. The molecule has 0 fully saturated rings. The van der Waals surface area contributed by atoms with Crippen LogP contribution in [0.5, 0.6) is 0 Å². The number of para-hydroxylation sites is 1. The maximum absolute atomic E-state index is 13.5. The summed E-state index contributed by atoms with van der Waals surface area (Å²) < 4.78 is 2.91. The zero-order valence-electron chi connectivity index (χ0n) is 16.8. The molecule has 7 heteroatoms. The minimum atomic E-state index is -0.164. The Morgan fingerprint density at radius 2 is 2.03 bits per heavy atom. The van der Waals surface area contributed by atoms with Crippen molar-refractivity contribution < 1.29 is 4.79 Å². The minimum Gasteiger partial charge on any atom is -0.276 e. The van der Waals surface area contributed by atoms with Crippen molar-refractivity contribution >= 4 is 32.6 Å². The summed E-state index contributed by atoms with van der Waals surface area (Å²) in [5.41, 5.74) is 4.34. The molecule has 0 saturated heterocycles. The van der Waals surface area contributed by atoms with Gasteiger partial charge in [-0.25, -0.2) is 4.98 Å². The van der Waals surface area contributed by atoms with Crippen molar-refractivity contribution in [2.45, 2.75) is 40.3 Å². The van der Waals surface area contributed by atoms with E-state index in [2.05, 4.69) is 29.1 Å². The van der Waals surface area contributed by atoms with Gasteiger partial charge in [0, 0.05) is 18.4 Å². The van der Waals surface area contributed by atoms with Crippen LogP contribution in [0.15, 0.2) is 48.7 Å². The van der Waals surface area contributed by atoms with Crippen molar-refractivity contribution in [1.29, 1.82) is 0 Å². The molecule has 0 aliphatic carbocycles. The molecule has 0 aliphatic heterocycles. The van der Waals surface area contributed by atoms with Gasteiger partial charge in [-0.3, -0.25) is 19.4 Å². The second-order valence-electron chi connectivity index (χ2n) is 6.81. The van der Waals surface area contributed by atoms with Crippen LogP contribution in [0.3, 0.4) is 0 Å². The number of nitrogens with zero attached hydrogens (tertiary/aromatic N) is 5. The van der Waals surface area contributed by atoms with E-state index < -0.39 is 0 Å². The number of benzene rings is 1. The van der Waals surface area contributed by atoms with Gasteiger partial charge in [-0.05, 0) is 50.1 Å². The van der Waals surface area contributed by atoms with Gasteiger partial charge in [0.15, 0.2) is 10.8 Å². The average Bonchev–Trinajstić information content (AvgIpc) is 3.35. The van der Waals surface area contributed by atoms with Crippen LogP contribution >= 0.6 is 11.3 Å². The number of carbonyl (C=O) groups excluding carboxylic acids is 1. The van der Waals surface area contributed by atoms with E-state index >= 15 is 0 Å². The minimum absolute atomic E-state index is 0.164. The van der Waals surface area contributed by atoms with Crippen molar-refractivity contribution in [3.63, 3.8) is 0 Å². The molecule has 3 aromatic heterocycles. The Balaban J connectivity index is 1.78. The van der Waals surface area contributed by atoms with Crippen LogP contribution in [0, 0.1) is 6.92 Å². The molecule has 0 aliphatic rings. The molecule has 0 radical (unpaired) electrons. The van der Waals surface area contributed by atoms with Crippen LogP contribution in [0.1, 0.15) is 41.3 Å². The lowest BCUT2D eigenvalue weighted by Crippen LogP contribution is -2.31. The topological polar surface area (TPSA) is 63.9 Å². The van der Waals surface area contributed by atoms with E-state index in [9.17, 15) is 4.79 Å². The molecule has 0 unspecified atom stereocenters. The fourth-order valence-corrected chi connectivity index (χ4v) is 4.36. The molecular formula is C22H23N5OS. The van der Waals surface area contributed by atoms with E-state index in [-0.39, 0.29) is 5.91 Å². The summed E-state index contributed by atoms with van der Waals surface area (Å²) in [6.07, 6.45) is 2.64. The number of rotatable bonds is 6. The second kappa shape index (κ2) is 8.13. The molecule has 3 heterocycles. The molecule has 4 rings (SSSR count). The molecule has 0 saturated carbocycles. The highest BCUT2D eigenvalue weighted by Crippen LogP contribution is 2.32. The Hall–Kier alpha value is -3.06. The molecule has 29 heavy (non-hydrogen) atoms. The second-order valence-corrected chi connectivity index (χ2v) is 7.82. The van der Waals surface area contributed by atoms with Crippen LogP contribution in [-0.2, 0) is 19.5 Å². The fraction of sp³-hybridized carbons (Fsp3) is 0.273. The third-order valence-corrected chi connectivity index (χ3v) is 5.94. The summed E-state index contributed by atoms with van der Waals surface area (Å²) in [7, 11) is 0. The Morgan fingerprint density at radius 1 is 1.17 bits per heavy atom. The molecule has 148 valence electrons. The molecule has 6 nitrogen and oxygen atoms in total. The van der Waals surface area contributed by atoms with Gasteiger partial charge < -0.3 is 0 Å². The van der Waals surface area contributed by atoms with Crippen LogP contribution in [0.4, 0.5) is 5.13 Å². The van der Waals surface area contributed by atoms with E-state index in [4.69, 9.17) is 4.98 Å². The monoisotopic (exact) mass is 405 g/mol. The van der Waals surface area contributed by atoms with E-state index in [1.54, 1.807) is 11.1 Å². The summed E-state index contributed by atoms with van der Waals surface area (Å²) in [5, 5.41) is 5.15. The highest BCUT2D eigenvalue weighted by Gasteiger charge is 2.25. The molecule has 1 aromatic carbocycles. The van der Waals surface area contributed by atoms with Gasteiger partial charge in [-0.15, -0.1) is 0 Å². The molecular weight excluding hydrogens is 382 g/mol. The summed E-state index contributed by atoms with van der Waals surface area (Å²) in [6.45, 7) is 7.16. The van der Waals surface area contributed by atoms with Gasteiger partial charge in [0.25, 0.3) is 5.91 Å². The number of thiazole rings is 1. The predicted molar refractivity (Wildman–Crippen MR) is 116 cm³/mol. The lowest BCUT2D eigenvalue weighted by atomic mass is 10.1. The van der Waals surface area contributed by atoms with Gasteiger partial charge in [0.2, 0.25) is 0 Å². The highest BCUT2D eigenvalue weighted by atomic mass is 32.1. The van der Waals surface area contributed by atoms with Crippen molar-refractivity contribution in [2.24, 2.45) is 0 Å². The average molecular weight is 406 g/mol.